The molecule has 0 aliphatic carbocycles. The second-order valence-corrected chi connectivity index (χ2v) is 11.0. The molecule has 0 radical (unpaired) electrons. The first-order valence-electron chi connectivity index (χ1n) is 11.9. The molecule has 0 saturated carbocycles. The molecule has 3 amide bonds. The predicted molar refractivity (Wildman–Crippen MR) is 124 cm³/mol. The number of rotatable bonds is 3. The number of carbonyl (C=O) groups is 3. The van der Waals surface area contributed by atoms with Crippen molar-refractivity contribution in [3.8, 4) is 0 Å². The van der Waals surface area contributed by atoms with E-state index in [1.807, 2.05) is 17.5 Å². The first-order chi connectivity index (χ1) is 17.7. The number of likely N-dealkylation sites (tertiary alicyclic amines) is 3. The molecule has 13 heteroatoms. The Morgan fingerprint density at radius 1 is 1.00 bits per heavy atom. The number of carbonyl (C=O) groups excluding carboxylic acids is 3. The first-order valence-corrected chi connectivity index (χ1v) is 12.8. The Morgan fingerprint density at radius 2 is 1.61 bits per heavy atom. The summed E-state index contributed by atoms with van der Waals surface area (Å²) < 4.78 is 79.8. The quantitative estimate of drug-likeness (QED) is 0.411. The van der Waals surface area contributed by atoms with Gasteiger partial charge in [0.25, 0.3) is 5.91 Å². The lowest BCUT2D eigenvalue weighted by molar-refractivity contribution is -0.143. The molecule has 1 spiro atoms. The zero-order chi connectivity index (χ0) is 27.6. The lowest BCUT2D eigenvalue weighted by Crippen LogP contribution is -2.57. The van der Waals surface area contributed by atoms with Gasteiger partial charge in [0, 0.05) is 49.2 Å². The van der Waals surface area contributed by atoms with Crippen LogP contribution in [-0.2, 0) is 28.5 Å². The largest absolute Gasteiger partial charge is 0.416 e. The number of fused-ring (bicyclic) bond motifs is 2. The standard InChI is InChI=1S/C25H23F6N3O3S/c1-32-21(36)18-13-34(12-17-3-2-8-38-17)23(19(18)22(32)37)4-6-33(7-5-23)20(35)14-9-15(24(26,27)28)11-16(10-14)25(29,30)31/h2-3,8-11,18-19H,4-7,12-13H2,1H3. The molecule has 3 aliphatic rings. The van der Waals surface area contributed by atoms with Crippen molar-refractivity contribution in [2.24, 2.45) is 11.8 Å². The molecule has 204 valence electrons. The minimum absolute atomic E-state index is 0.0116. The van der Waals surface area contributed by atoms with Crippen molar-refractivity contribution in [1.29, 1.82) is 0 Å². The van der Waals surface area contributed by atoms with Gasteiger partial charge in [0.2, 0.25) is 11.8 Å². The van der Waals surface area contributed by atoms with E-state index in [9.17, 15) is 40.7 Å². The molecule has 3 aliphatic heterocycles. The number of alkyl halides is 6. The summed E-state index contributed by atoms with van der Waals surface area (Å²) in [5.41, 5.74) is -4.56. The molecule has 2 atom stereocenters. The number of hydrogen-bond acceptors (Lipinski definition) is 5. The molecular formula is C25H23F6N3O3S. The van der Waals surface area contributed by atoms with Crippen molar-refractivity contribution in [3.05, 3.63) is 57.3 Å². The van der Waals surface area contributed by atoms with Crippen LogP contribution in [0.5, 0.6) is 0 Å². The Hall–Kier alpha value is -2.93. The van der Waals surface area contributed by atoms with Crippen molar-refractivity contribution in [3.63, 3.8) is 0 Å². The van der Waals surface area contributed by atoms with E-state index in [0.717, 1.165) is 9.78 Å². The van der Waals surface area contributed by atoms with Gasteiger partial charge in [-0.3, -0.25) is 24.2 Å². The van der Waals surface area contributed by atoms with Gasteiger partial charge in [0.15, 0.2) is 0 Å². The Bertz CT molecular complexity index is 1240. The van der Waals surface area contributed by atoms with E-state index in [2.05, 4.69) is 4.90 Å². The fourth-order valence-electron chi connectivity index (χ4n) is 6.08. The lowest BCUT2D eigenvalue weighted by Gasteiger charge is -2.47. The van der Waals surface area contributed by atoms with Crippen LogP contribution in [0.1, 0.15) is 39.2 Å². The smallest absolute Gasteiger partial charge is 0.339 e. The molecule has 0 N–H and O–H groups in total. The van der Waals surface area contributed by atoms with Crippen LogP contribution in [0.4, 0.5) is 26.3 Å². The van der Waals surface area contributed by atoms with Crippen LogP contribution in [0.15, 0.2) is 35.7 Å². The van der Waals surface area contributed by atoms with Gasteiger partial charge in [-0.2, -0.15) is 26.3 Å². The van der Waals surface area contributed by atoms with E-state index in [1.165, 1.54) is 23.3 Å². The van der Waals surface area contributed by atoms with E-state index in [1.54, 1.807) is 0 Å². The Balaban J connectivity index is 1.42. The first kappa shape index (κ1) is 26.7. The molecule has 1 aromatic heterocycles. The van der Waals surface area contributed by atoms with Crippen LogP contribution in [-0.4, -0.2) is 64.6 Å². The summed E-state index contributed by atoms with van der Waals surface area (Å²) in [6.45, 7) is 0.886. The van der Waals surface area contributed by atoms with Crippen LogP contribution in [0.25, 0.3) is 0 Å². The summed E-state index contributed by atoms with van der Waals surface area (Å²) in [7, 11) is 1.44. The van der Waals surface area contributed by atoms with Crippen molar-refractivity contribution in [2.75, 3.05) is 26.7 Å². The van der Waals surface area contributed by atoms with Crippen LogP contribution in [0.3, 0.4) is 0 Å². The molecular weight excluding hydrogens is 536 g/mol. The molecule has 5 rings (SSSR count). The topological polar surface area (TPSA) is 60.9 Å². The Morgan fingerprint density at radius 3 is 2.13 bits per heavy atom. The second kappa shape index (κ2) is 9.08. The molecule has 2 unspecified atom stereocenters. The molecule has 0 bridgehead atoms. The number of nitrogens with zero attached hydrogens (tertiary/aromatic N) is 3. The van der Waals surface area contributed by atoms with E-state index >= 15 is 0 Å². The zero-order valence-electron chi connectivity index (χ0n) is 20.1. The minimum atomic E-state index is -5.06. The van der Waals surface area contributed by atoms with Crippen LogP contribution in [0.2, 0.25) is 0 Å². The number of imide groups is 1. The van der Waals surface area contributed by atoms with E-state index in [4.69, 9.17) is 0 Å². The highest BCUT2D eigenvalue weighted by atomic mass is 32.1. The van der Waals surface area contributed by atoms with Gasteiger partial charge in [-0.1, -0.05) is 6.07 Å². The summed E-state index contributed by atoms with van der Waals surface area (Å²) in [6.07, 6.45) is -9.62. The SMILES string of the molecule is CN1C(=O)C2CN(Cc3cccs3)C3(CCN(C(=O)c4cc(C(F)(F)F)cc(C(F)(F)F)c4)CC3)C2C1=O. The van der Waals surface area contributed by atoms with Crippen LogP contribution < -0.4 is 0 Å². The maximum Gasteiger partial charge on any atom is 0.416 e. The van der Waals surface area contributed by atoms with E-state index in [0.29, 0.717) is 25.2 Å². The fourth-order valence-corrected chi connectivity index (χ4v) is 6.80. The van der Waals surface area contributed by atoms with Gasteiger partial charge in [-0.25, -0.2) is 0 Å². The van der Waals surface area contributed by atoms with Crippen molar-refractivity contribution in [1.82, 2.24) is 14.7 Å². The van der Waals surface area contributed by atoms with Gasteiger partial charge in [0.05, 0.1) is 23.0 Å². The van der Waals surface area contributed by atoms with Crippen molar-refractivity contribution < 1.29 is 40.7 Å². The average molecular weight is 560 g/mol. The zero-order valence-corrected chi connectivity index (χ0v) is 20.9. The molecule has 3 saturated heterocycles. The van der Waals surface area contributed by atoms with Crippen molar-refractivity contribution >= 4 is 29.1 Å². The summed E-state index contributed by atoms with van der Waals surface area (Å²) in [5, 5.41) is 1.91. The molecule has 2 aromatic rings. The molecule has 38 heavy (non-hydrogen) atoms. The maximum absolute atomic E-state index is 13.3. The van der Waals surface area contributed by atoms with Gasteiger partial charge >= 0.3 is 12.4 Å². The van der Waals surface area contributed by atoms with Crippen molar-refractivity contribution in [2.45, 2.75) is 37.3 Å². The normalized spacial score (nSPS) is 24.0. The minimum Gasteiger partial charge on any atom is -0.339 e. The highest BCUT2D eigenvalue weighted by molar-refractivity contribution is 7.09. The van der Waals surface area contributed by atoms with E-state index in [-0.39, 0.29) is 43.8 Å². The predicted octanol–water partition coefficient (Wildman–Crippen LogP) is 4.51. The van der Waals surface area contributed by atoms with Gasteiger partial charge < -0.3 is 4.90 Å². The summed E-state index contributed by atoms with van der Waals surface area (Å²) in [5.74, 6) is -2.67. The van der Waals surface area contributed by atoms with Gasteiger partial charge in [0.1, 0.15) is 0 Å². The number of piperidine rings is 1. The third-order valence-corrected chi connectivity index (χ3v) is 8.81. The fraction of sp³-hybridized carbons (Fsp3) is 0.480. The lowest BCUT2D eigenvalue weighted by atomic mass is 9.74. The van der Waals surface area contributed by atoms with E-state index < -0.39 is 52.3 Å². The second-order valence-electron chi connectivity index (χ2n) is 9.97. The summed E-state index contributed by atoms with van der Waals surface area (Å²) in [4.78, 5) is 44.5. The Kier molecular flexibility index (Phi) is 6.37. The average Bonchev–Trinajstić information content (AvgIpc) is 3.53. The molecule has 4 heterocycles. The highest BCUT2D eigenvalue weighted by Gasteiger charge is 2.64. The summed E-state index contributed by atoms with van der Waals surface area (Å²) in [6, 6.07) is 4.68. The third kappa shape index (κ3) is 4.39. The molecule has 3 fully saturated rings. The summed E-state index contributed by atoms with van der Waals surface area (Å²) >= 11 is 1.53. The highest BCUT2D eigenvalue weighted by Crippen LogP contribution is 2.50. The number of halogens is 6. The molecule has 6 nitrogen and oxygen atoms in total. The van der Waals surface area contributed by atoms with Crippen LogP contribution >= 0.6 is 11.3 Å². The maximum atomic E-state index is 13.3. The van der Waals surface area contributed by atoms with Gasteiger partial charge in [-0.15, -0.1) is 11.3 Å². The molecule has 1 aromatic carbocycles. The number of hydrogen-bond donors (Lipinski definition) is 0. The number of amides is 3. The number of thiophene rings is 1. The third-order valence-electron chi connectivity index (χ3n) is 7.95. The monoisotopic (exact) mass is 559 g/mol. The van der Waals surface area contributed by atoms with Gasteiger partial charge in [-0.05, 0) is 42.5 Å². The Labute approximate surface area is 217 Å². The number of benzene rings is 1. The van der Waals surface area contributed by atoms with Crippen LogP contribution in [0, 0.1) is 11.8 Å².